The Morgan fingerprint density at radius 1 is 1.18 bits per heavy atom. The lowest BCUT2D eigenvalue weighted by atomic mass is 10.0. The molecule has 10 nitrogen and oxygen atoms in total. The van der Waals surface area contributed by atoms with Gasteiger partial charge in [-0.2, -0.15) is 5.10 Å². The zero-order valence-corrected chi connectivity index (χ0v) is 24.1. The van der Waals surface area contributed by atoms with Crippen LogP contribution in [-0.2, 0) is 11.8 Å². The van der Waals surface area contributed by atoms with E-state index in [1.165, 1.54) is 0 Å². The van der Waals surface area contributed by atoms with E-state index in [9.17, 15) is 9.59 Å². The maximum absolute atomic E-state index is 13.5. The molecule has 0 atom stereocenters. The van der Waals surface area contributed by atoms with Crippen LogP contribution in [0.1, 0.15) is 50.9 Å². The van der Waals surface area contributed by atoms with Gasteiger partial charge in [0.2, 0.25) is 0 Å². The van der Waals surface area contributed by atoms with Gasteiger partial charge in [-0.05, 0) is 64.8 Å². The third-order valence-corrected chi connectivity index (χ3v) is 7.35. The second-order valence-electron chi connectivity index (χ2n) is 11.3. The van der Waals surface area contributed by atoms with Crippen LogP contribution in [0.25, 0.3) is 21.8 Å². The summed E-state index contributed by atoms with van der Waals surface area (Å²) in [5.74, 6) is 0.324. The van der Waals surface area contributed by atoms with Crippen LogP contribution in [0.2, 0.25) is 0 Å². The molecule has 1 saturated heterocycles. The quantitative estimate of drug-likeness (QED) is 0.329. The van der Waals surface area contributed by atoms with E-state index in [1.807, 2.05) is 82.4 Å². The van der Waals surface area contributed by atoms with Crippen molar-refractivity contribution in [1.29, 1.82) is 0 Å². The first-order valence-corrected chi connectivity index (χ1v) is 13.8. The van der Waals surface area contributed by atoms with E-state index < -0.39 is 5.60 Å². The number of ether oxygens (including phenoxy) is 2. The van der Waals surface area contributed by atoms with Crippen molar-refractivity contribution >= 4 is 45.2 Å². The summed E-state index contributed by atoms with van der Waals surface area (Å²) in [6, 6.07) is 9.72. The van der Waals surface area contributed by atoms with Crippen molar-refractivity contribution in [3.05, 3.63) is 48.3 Å². The fourth-order valence-electron chi connectivity index (χ4n) is 5.51. The summed E-state index contributed by atoms with van der Waals surface area (Å²) in [6.07, 6.45) is 5.20. The van der Waals surface area contributed by atoms with Gasteiger partial charge in [0, 0.05) is 67.6 Å². The molecular formula is C30H38N6O4. The van der Waals surface area contributed by atoms with E-state index in [2.05, 4.69) is 20.3 Å². The SMILES string of the molecule is CCN(C(=O)OC(C)(C)C)C1CCN(c2ccc(C(=O)Nc3cc4cn(C)nc4cc3OC)c3[nH]ccc23)CC1. The second-order valence-corrected chi connectivity index (χ2v) is 11.3. The Morgan fingerprint density at radius 3 is 2.60 bits per heavy atom. The van der Waals surface area contributed by atoms with Crippen LogP contribution >= 0.6 is 0 Å². The van der Waals surface area contributed by atoms with Crippen molar-refractivity contribution in [1.82, 2.24) is 19.7 Å². The minimum atomic E-state index is -0.518. The Bertz CT molecular complexity index is 1540. The molecule has 5 rings (SSSR count). The summed E-state index contributed by atoms with van der Waals surface area (Å²) < 4.78 is 12.9. The number of benzene rings is 2. The standard InChI is InChI=1S/C30H38N6O4/c1-7-36(29(38)40-30(2,3)4)20-11-14-35(15-12-20)25-9-8-22(27-21(25)10-13-31-27)28(37)32-24-16-19-18-34(5)33-23(19)17-26(24)39-6/h8-10,13,16-18,20,31H,7,11-12,14-15H2,1-6H3,(H,32,37). The van der Waals surface area contributed by atoms with Gasteiger partial charge >= 0.3 is 6.09 Å². The summed E-state index contributed by atoms with van der Waals surface area (Å²) in [5.41, 5.74) is 3.27. The van der Waals surface area contributed by atoms with Gasteiger partial charge in [0.15, 0.2) is 0 Å². The number of hydrogen-bond acceptors (Lipinski definition) is 6. The topological polar surface area (TPSA) is 105 Å². The van der Waals surface area contributed by atoms with Gasteiger partial charge in [-0.1, -0.05) is 0 Å². The number of aromatic nitrogens is 3. The maximum atomic E-state index is 13.5. The first-order valence-electron chi connectivity index (χ1n) is 13.8. The summed E-state index contributed by atoms with van der Waals surface area (Å²) in [6.45, 7) is 9.89. The molecule has 10 heteroatoms. The van der Waals surface area contributed by atoms with Crippen LogP contribution in [0.4, 0.5) is 16.2 Å². The Morgan fingerprint density at radius 2 is 1.93 bits per heavy atom. The Kier molecular flexibility index (Phi) is 7.35. The molecule has 2 aromatic carbocycles. The lowest BCUT2D eigenvalue weighted by molar-refractivity contribution is 0.0149. The predicted octanol–water partition coefficient (Wildman–Crippen LogP) is 5.54. The second kappa shape index (κ2) is 10.7. The number of piperidine rings is 1. The van der Waals surface area contributed by atoms with Gasteiger partial charge in [0.1, 0.15) is 11.4 Å². The number of aromatic amines is 1. The van der Waals surface area contributed by atoms with Crippen LogP contribution in [0, 0.1) is 0 Å². The van der Waals surface area contributed by atoms with Crippen LogP contribution in [0.5, 0.6) is 5.75 Å². The summed E-state index contributed by atoms with van der Waals surface area (Å²) in [5, 5.41) is 9.35. The van der Waals surface area contributed by atoms with E-state index in [0.717, 1.165) is 53.4 Å². The highest BCUT2D eigenvalue weighted by atomic mass is 16.6. The van der Waals surface area contributed by atoms with Crippen molar-refractivity contribution in [2.75, 3.05) is 37.0 Å². The van der Waals surface area contributed by atoms with Crippen molar-refractivity contribution in [3.8, 4) is 5.75 Å². The van der Waals surface area contributed by atoms with E-state index in [0.29, 0.717) is 23.5 Å². The van der Waals surface area contributed by atoms with Crippen molar-refractivity contribution in [2.45, 2.75) is 52.2 Å². The van der Waals surface area contributed by atoms with Gasteiger partial charge < -0.3 is 29.6 Å². The highest BCUT2D eigenvalue weighted by molar-refractivity contribution is 6.15. The molecule has 1 fully saturated rings. The molecule has 0 spiro atoms. The van der Waals surface area contributed by atoms with E-state index in [1.54, 1.807) is 11.8 Å². The molecule has 40 heavy (non-hydrogen) atoms. The van der Waals surface area contributed by atoms with Gasteiger partial charge in [-0.15, -0.1) is 0 Å². The number of amides is 2. The third-order valence-electron chi connectivity index (χ3n) is 7.35. The van der Waals surface area contributed by atoms with Gasteiger partial charge in [0.25, 0.3) is 5.91 Å². The number of hydrogen-bond donors (Lipinski definition) is 2. The number of carbonyl (C=O) groups is 2. The normalized spacial score (nSPS) is 14.5. The highest BCUT2D eigenvalue weighted by Gasteiger charge is 2.31. The maximum Gasteiger partial charge on any atom is 0.410 e. The lowest BCUT2D eigenvalue weighted by Crippen LogP contribution is -2.48. The fraction of sp³-hybridized carbons (Fsp3) is 0.433. The zero-order chi connectivity index (χ0) is 28.6. The van der Waals surface area contributed by atoms with Crippen molar-refractivity contribution in [3.63, 3.8) is 0 Å². The molecule has 1 aliphatic heterocycles. The van der Waals surface area contributed by atoms with Crippen LogP contribution in [-0.4, -0.2) is 70.1 Å². The number of aryl methyl sites for hydroxylation is 1. The molecule has 0 bridgehead atoms. The van der Waals surface area contributed by atoms with Crippen LogP contribution < -0.4 is 15.0 Å². The van der Waals surface area contributed by atoms with Gasteiger partial charge in [-0.3, -0.25) is 9.48 Å². The van der Waals surface area contributed by atoms with Gasteiger partial charge in [0.05, 0.1) is 29.4 Å². The van der Waals surface area contributed by atoms with Crippen molar-refractivity contribution < 1.29 is 19.1 Å². The Balaban J connectivity index is 1.33. The van der Waals surface area contributed by atoms with Crippen LogP contribution in [0.15, 0.2) is 42.7 Å². The van der Waals surface area contributed by atoms with E-state index in [4.69, 9.17) is 9.47 Å². The van der Waals surface area contributed by atoms with E-state index in [-0.39, 0.29) is 18.0 Å². The molecule has 0 saturated carbocycles. The lowest BCUT2D eigenvalue weighted by Gasteiger charge is -2.39. The highest BCUT2D eigenvalue weighted by Crippen LogP contribution is 2.34. The zero-order valence-electron chi connectivity index (χ0n) is 24.1. The van der Waals surface area contributed by atoms with Crippen LogP contribution in [0.3, 0.4) is 0 Å². The molecule has 3 heterocycles. The third kappa shape index (κ3) is 5.43. The van der Waals surface area contributed by atoms with E-state index >= 15 is 0 Å². The first-order chi connectivity index (χ1) is 19.1. The first kappa shape index (κ1) is 27.4. The molecule has 2 amide bonds. The minimum Gasteiger partial charge on any atom is -0.494 e. The van der Waals surface area contributed by atoms with Crippen molar-refractivity contribution in [2.24, 2.45) is 7.05 Å². The number of H-pyrrole nitrogens is 1. The predicted molar refractivity (Wildman–Crippen MR) is 157 cm³/mol. The summed E-state index contributed by atoms with van der Waals surface area (Å²) in [7, 11) is 3.44. The smallest absolute Gasteiger partial charge is 0.410 e. The molecule has 4 aromatic rings. The molecular weight excluding hydrogens is 508 g/mol. The molecule has 0 radical (unpaired) electrons. The largest absolute Gasteiger partial charge is 0.494 e. The average molecular weight is 547 g/mol. The molecule has 212 valence electrons. The summed E-state index contributed by atoms with van der Waals surface area (Å²) >= 11 is 0. The van der Waals surface area contributed by atoms with Gasteiger partial charge in [-0.25, -0.2) is 4.79 Å². The number of fused-ring (bicyclic) bond motifs is 2. The number of rotatable bonds is 6. The monoisotopic (exact) mass is 546 g/mol. The summed E-state index contributed by atoms with van der Waals surface area (Å²) in [4.78, 5) is 33.7. The fourth-order valence-corrected chi connectivity index (χ4v) is 5.51. The molecule has 2 aromatic heterocycles. The number of methoxy groups -OCH3 is 1. The molecule has 0 aliphatic carbocycles. The number of nitrogens with zero attached hydrogens (tertiary/aromatic N) is 4. The Hall–Kier alpha value is -4.21. The number of nitrogens with one attached hydrogen (secondary N) is 2. The number of carbonyl (C=O) groups excluding carboxylic acids is 2. The Labute approximate surface area is 234 Å². The molecule has 2 N–H and O–H groups in total. The molecule has 1 aliphatic rings. The molecule has 0 unspecified atom stereocenters. The number of anilines is 2. The average Bonchev–Trinajstić information content (AvgIpc) is 3.53. The minimum absolute atomic E-state index is 0.134.